The van der Waals surface area contributed by atoms with E-state index in [1.54, 1.807) is 25.6 Å². The molecule has 1 unspecified atom stereocenters. The fourth-order valence-electron chi connectivity index (χ4n) is 1.96. The summed E-state index contributed by atoms with van der Waals surface area (Å²) in [6.07, 6.45) is 0. The van der Waals surface area contributed by atoms with Crippen LogP contribution in [0.2, 0.25) is 0 Å². The number of benzene rings is 1. The van der Waals surface area contributed by atoms with E-state index in [0.717, 1.165) is 34.6 Å². The molecule has 0 aliphatic heterocycles. The number of aromatic nitrogens is 1. The summed E-state index contributed by atoms with van der Waals surface area (Å²) in [4.78, 5) is 4.60. The predicted molar refractivity (Wildman–Crippen MR) is 87.0 cm³/mol. The van der Waals surface area contributed by atoms with Crippen molar-refractivity contribution in [3.63, 3.8) is 0 Å². The number of ether oxygens (including phenoxy) is 2. The smallest absolute Gasteiger partial charge is 0.187 e. The van der Waals surface area contributed by atoms with Crippen molar-refractivity contribution in [1.82, 2.24) is 10.3 Å². The van der Waals surface area contributed by atoms with Gasteiger partial charge in [0.1, 0.15) is 11.5 Å². The minimum absolute atomic E-state index is 0.252. The molecule has 1 heterocycles. The highest BCUT2D eigenvalue weighted by atomic mass is 32.1. The van der Waals surface area contributed by atoms with Gasteiger partial charge in [-0.25, -0.2) is 4.98 Å². The van der Waals surface area contributed by atoms with Crippen molar-refractivity contribution < 1.29 is 9.47 Å². The van der Waals surface area contributed by atoms with Crippen molar-refractivity contribution in [2.45, 2.75) is 19.9 Å². The first-order chi connectivity index (χ1) is 10.2. The van der Waals surface area contributed by atoms with Crippen LogP contribution in [0.1, 0.15) is 25.6 Å². The van der Waals surface area contributed by atoms with Crippen LogP contribution < -0.4 is 20.1 Å². The summed E-state index contributed by atoms with van der Waals surface area (Å²) in [6.45, 7) is 5.12. The van der Waals surface area contributed by atoms with E-state index in [2.05, 4.69) is 34.8 Å². The Bertz CT molecular complexity index is 564. The summed E-state index contributed by atoms with van der Waals surface area (Å²) in [5, 5.41) is 9.56. The van der Waals surface area contributed by atoms with Crippen molar-refractivity contribution in [3.05, 3.63) is 29.3 Å². The second-order valence-electron chi connectivity index (χ2n) is 4.58. The maximum atomic E-state index is 5.26. The van der Waals surface area contributed by atoms with Crippen LogP contribution in [0.4, 0.5) is 10.8 Å². The highest BCUT2D eigenvalue weighted by molar-refractivity contribution is 7.13. The lowest BCUT2D eigenvalue weighted by Crippen LogP contribution is -2.17. The number of hydrogen-bond donors (Lipinski definition) is 2. The lowest BCUT2D eigenvalue weighted by atomic mass is 10.2. The maximum absolute atomic E-state index is 5.26. The van der Waals surface area contributed by atoms with Crippen LogP contribution >= 0.6 is 11.3 Å². The van der Waals surface area contributed by atoms with E-state index < -0.39 is 0 Å². The molecular weight excluding hydrogens is 286 g/mol. The fraction of sp³-hybridized carbons (Fsp3) is 0.400. The van der Waals surface area contributed by atoms with Crippen molar-refractivity contribution >= 4 is 22.2 Å². The number of nitrogens with one attached hydrogen (secondary N) is 2. The third-order valence-corrected chi connectivity index (χ3v) is 3.85. The normalized spacial score (nSPS) is 12.0. The van der Waals surface area contributed by atoms with Gasteiger partial charge in [0.25, 0.3) is 0 Å². The first kappa shape index (κ1) is 15.6. The first-order valence-corrected chi connectivity index (χ1v) is 7.73. The Morgan fingerprint density at radius 2 is 1.86 bits per heavy atom. The molecule has 2 rings (SSSR count). The quantitative estimate of drug-likeness (QED) is 0.819. The van der Waals surface area contributed by atoms with Crippen LogP contribution in [0.5, 0.6) is 11.5 Å². The third kappa shape index (κ3) is 4.09. The molecule has 2 N–H and O–H groups in total. The summed E-state index contributed by atoms with van der Waals surface area (Å²) in [7, 11) is 3.27. The molecule has 0 aliphatic rings. The molecule has 0 radical (unpaired) electrons. The van der Waals surface area contributed by atoms with Gasteiger partial charge >= 0.3 is 0 Å². The molecule has 6 heteroatoms. The number of rotatable bonds is 7. The Morgan fingerprint density at radius 1 is 1.19 bits per heavy atom. The Balaban J connectivity index is 2.14. The molecule has 0 bridgehead atoms. The Hall–Kier alpha value is -1.79. The van der Waals surface area contributed by atoms with Crippen LogP contribution in [-0.4, -0.2) is 25.7 Å². The third-order valence-electron chi connectivity index (χ3n) is 3.08. The van der Waals surface area contributed by atoms with E-state index >= 15 is 0 Å². The van der Waals surface area contributed by atoms with Crippen molar-refractivity contribution in [1.29, 1.82) is 0 Å². The molecule has 0 saturated heterocycles. The van der Waals surface area contributed by atoms with E-state index in [-0.39, 0.29) is 6.04 Å². The fourth-order valence-corrected chi connectivity index (χ4v) is 2.78. The second-order valence-corrected chi connectivity index (χ2v) is 5.44. The van der Waals surface area contributed by atoms with Gasteiger partial charge in [0.15, 0.2) is 5.13 Å². The van der Waals surface area contributed by atoms with Gasteiger partial charge in [-0.15, -0.1) is 11.3 Å². The van der Waals surface area contributed by atoms with Gasteiger partial charge in [0, 0.05) is 35.3 Å². The Labute approximate surface area is 129 Å². The van der Waals surface area contributed by atoms with Crippen LogP contribution in [-0.2, 0) is 0 Å². The lowest BCUT2D eigenvalue weighted by Gasteiger charge is -2.10. The minimum Gasteiger partial charge on any atom is -0.497 e. The summed E-state index contributed by atoms with van der Waals surface area (Å²) in [5.41, 5.74) is 1.93. The molecule has 0 spiro atoms. The number of thiazole rings is 1. The van der Waals surface area contributed by atoms with Crippen LogP contribution in [0.25, 0.3) is 0 Å². The van der Waals surface area contributed by atoms with Crippen molar-refractivity contribution in [2.75, 3.05) is 26.1 Å². The van der Waals surface area contributed by atoms with E-state index in [0.29, 0.717) is 0 Å². The van der Waals surface area contributed by atoms with Crippen molar-refractivity contribution in [2.24, 2.45) is 0 Å². The SMILES string of the molecule is CCNC(C)c1csc(Nc2cc(OC)cc(OC)c2)n1. The van der Waals surface area contributed by atoms with Gasteiger partial charge in [0.05, 0.1) is 19.9 Å². The van der Waals surface area contributed by atoms with Gasteiger partial charge < -0.3 is 20.1 Å². The molecule has 1 atom stereocenters. The number of hydrogen-bond acceptors (Lipinski definition) is 6. The Morgan fingerprint density at radius 3 is 2.43 bits per heavy atom. The predicted octanol–water partition coefficient (Wildman–Crippen LogP) is 3.57. The zero-order valence-electron chi connectivity index (χ0n) is 12.8. The van der Waals surface area contributed by atoms with E-state index in [1.807, 2.05) is 18.2 Å². The summed E-state index contributed by atoms with van der Waals surface area (Å²) in [5.74, 6) is 1.49. The molecule has 2 aromatic rings. The van der Waals surface area contributed by atoms with E-state index in [4.69, 9.17) is 9.47 Å². The zero-order valence-corrected chi connectivity index (χ0v) is 13.6. The van der Waals surface area contributed by atoms with Crippen LogP contribution in [0.15, 0.2) is 23.6 Å². The summed E-state index contributed by atoms with van der Waals surface area (Å²) < 4.78 is 10.5. The molecular formula is C15H21N3O2S. The standard InChI is InChI=1S/C15H21N3O2S/c1-5-16-10(2)14-9-21-15(18-14)17-11-6-12(19-3)8-13(7-11)20-4/h6-10,16H,5H2,1-4H3,(H,17,18). The van der Waals surface area contributed by atoms with Crippen LogP contribution in [0, 0.1) is 0 Å². The van der Waals surface area contributed by atoms with Gasteiger partial charge in [-0.3, -0.25) is 0 Å². The minimum atomic E-state index is 0.252. The van der Waals surface area contributed by atoms with Gasteiger partial charge in [0.2, 0.25) is 0 Å². The Kier molecular flexibility index (Phi) is 5.41. The van der Waals surface area contributed by atoms with Crippen molar-refractivity contribution in [3.8, 4) is 11.5 Å². The second kappa shape index (κ2) is 7.28. The topological polar surface area (TPSA) is 55.4 Å². The highest BCUT2D eigenvalue weighted by Crippen LogP contribution is 2.29. The maximum Gasteiger partial charge on any atom is 0.187 e. The van der Waals surface area contributed by atoms with E-state index in [1.165, 1.54) is 0 Å². The number of nitrogens with zero attached hydrogens (tertiary/aromatic N) is 1. The number of methoxy groups -OCH3 is 2. The molecule has 0 saturated carbocycles. The average molecular weight is 307 g/mol. The average Bonchev–Trinajstić information content (AvgIpc) is 2.95. The summed E-state index contributed by atoms with van der Waals surface area (Å²) >= 11 is 1.58. The van der Waals surface area contributed by atoms with Gasteiger partial charge in [-0.05, 0) is 13.5 Å². The molecule has 1 aromatic heterocycles. The first-order valence-electron chi connectivity index (χ1n) is 6.85. The molecule has 0 fully saturated rings. The molecule has 114 valence electrons. The largest absolute Gasteiger partial charge is 0.497 e. The highest BCUT2D eigenvalue weighted by Gasteiger charge is 2.10. The molecule has 21 heavy (non-hydrogen) atoms. The summed E-state index contributed by atoms with van der Waals surface area (Å²) in [6, 6.07) is 5.92. The number of anilines is 2. The molecule has 5 nitrogen and oxygen atoms in total. The zero-order chi connectivity index (χ0) is 15.2. The molecule has 0 amide bonds. The van der Waals surface area contributed by atoms with Crippen LogP contribution in [0.3, 0.4) is 0 Å². The molecule has 1 aromatic carbocycles. The lowest BCUT2D eigenvalue weighted by molar-refractivity contribution is 0.395. The van der Waals surface area contributed by atoms with E-state index in [9.17, 15) is 0 Å². The van der Waals surface area contributed by atoms with Gasteiger partial charge in [-0.2, -0.15) is 0 Å². The molecule has 0 aliphatic carbocycles. The monoisotopic (exact) mass is 307 g/mol. The van der Waals surface area contributed by atoms with Gasteiger partial charge in [-0.1, -0.05) is 6.92 Å².